The zero-order valence-electron chi connectivity index (χ0n) is 6.46. The lowest BCUT2D eigenvalue weighted by Gasteiger charge is -1.85. The van der Waals surface area contributed by atoms with Crippen molar-refractivity contribution < 1.29 is 0 Å². The van der Waals surface area contributed by atoms with Gasteiger partial charge in [-0.3, -0.25) is 4.99 Å². The maximum absolute atomic E-state index is 4.18. The van der Waals surface area contributed by atoms with Crippen molar-refractivity contribution in [3.8, 4) is 0 Å². The zero-order valence-corrected chi connectivity index (χ0v) is 6.46. The minimum atomic E-state index is 0.822. The first-order valence-corrected chi connectivity index (χ1v) is 3.67. The summed E-state index contributed by atoms with van der Waals surface area (Å²) < 4.78 is 0. The van der Waals surface area contributed by atoms with E-state index >= 15 is 0 Å². The lowest BCUT2D eigenvalue weighted by atomic mass is 10.4. The Labute approximate surface area is 66.7 Å². The molecule has 2 nitrogen and oxygen atoms in total. The number of aliphatic imine (C=N–C) groups is 1. The number of nitrogens with zero attached hydrogens (tertiary/aromatic N) is 1. The quantitative estimate of drug-likeness (QED) is 0.384. The van der Waals surface area contributed by atoms with Crippen LogP contribution >= 0.6 is 0 Å². The first kappa shape index (κ1) is 7.79. The second-order valence-corrected chi connectivity index (χ2v) is 2.24. The molecular formula is C9H12N2. The molecule has 0 saturated carbocycles. The Bertz CT molecular complexity index is 222. The van der Waals surface area contributed by atoms with Gasteiger partial charge >= 0.3 is 0 Å². The van der Waals surface area contributed by atoms with Crippen molar-refractivity contribution in [2.45, 2.75) is 6.42 Å². The summed E-state index contributed by atoms with van der Waals surface area (Å²) in [5, 5.41) is 0. The third-order valence-corrected chi connectivity index (χ3v) is 1.31. The Balaban J connectivity index is 2.31. The van der Waals surface area contributed by atoms with Crippen molar-refractivity contribution >= 4 is 6.21 Å². The Morgan fingerprint density at radius 2 is 2.55 bits per heavy atom. The Morgan fingerprint density at radius 1 is 1.64 bits per heavy atom. The van der Waals surface area contributed by atoms with E-state index in [2.05, 4.69) is 16.6 Å². The molecule has 1 rings (SSSR count). The molecule has 58 valence electrons. The van der Waals surface area contributed by atoms with Gasteiger partial charge in [-0.05, 0) is 18.6 Å². The van der Waals surface area contributed by atoms with Crippen LogP contribution in [0.4, 0.5) is 0 Å². The van der Waals surface area contributed by atoms with Crippen molar-refractivity contribution in [1.29, 1.82) is 0 Å². The van der Waals surface area contributed by atoms with Gasteiger partial charge in [0, 0.05) is 19.0 Å². The first-order chi connectivity index (χ1) is 5.43. The SMILES string of the molecule is C=CCCN=Cc1ccc[nH]1. The Kier molecular flexibility index (Phi) is 3.19. The van der Waals surface area contributed by atoms with Gasteiger partial charge in [0.25, 0.3) is 0 Å². The predicted octanol–water partition coefficient (Wildman–Crippen LogP) is 2.01. The Morgan fingerprint density at radius 3 is 3.18 bits per heavy atom. The molecule has 1 heterocycles. The highest BCUT2D eigenvalue weighted by molar-refractivity contribution is 5.76. The van der Waals surface area contributed by atoms with Gasteiger partial charge in [0.1, 0.15) is 0 Å². The average Bonchev–Trinajstić information content (AvgIpc) is 2.50. The van der Waals surface area contributed by atoms with Gasteiger partial charge in [-0.1, -0.05) is 6.08 Å². The average molecular weight is 148 g/mol. The van der Waals surface area contributed by atoms with E-state index < -0.39 is 0 Å². The van der Waals surface area contributed by atoms with Gasteiger partial charge in [0.05, 0.1) is 5.69 Å². The van der Waals surface area contributed by atoms with Crippen LogP contribution in [0, 0.1) is 0 Å². The highest BCUT2D eigenvalue weighted by Crippen LogP contribution is 1.89. The summed E-state index contributed by atoms with van der Waals surface area (Å²) in [6.07, 6.45) is 6.53. The van der Waals surface area contributed by atoms with E-state index in [0.717, 1.165) is 18.7 Å². The number of rotatable bonds is 4. The van der Waals surface area contributed by atoms with Crippen LogP contribution in [0.1, 0.15) is 12.1 Å². The van der Waals surface area contributed by atoms with Gasteiger partial charge in [-0.25, -0.2) is 0 Å². The van der Waals surface area contributed by atoms with Crippen LogP contribution in [0.25, 0.3) is 0 Å². The second kappa shape index (κ2) is 4.50. The highest BCUT2D eigenvalue weighted by Gasteiger charge is 1.82. The van der Waals surface area contributed by atoms with Crippen LogP contribution in [-0.4, -0.2) is 17.7 Å². The molecule has 2 heteroatoms. The third-order valence-electron chi connectivity index (χ3n) is 1.31. The topological polar surface area (TPSA) is 28.1 Å². The maximum Gasteiger partial charge on any atom is 0.0561 e. The van der Waals surface area contributed by atoms with E-state index in [9.17, 15) is 0 Å². The molecule has 0 bridgehead atoms. The van der Waals surface area contributed by atoms with Crippen molar-refractivity contribution in [3.63, 3.8) is 0 Å². The van der Waals surface area contributed by atoms with Gasteiger partial charge < -0.3 is 4.98 Å². The zero-order chi connectivity index (χ0) is 7.94. The number of nitrogens with one attached hydrogen (secondary N) is 1. The third kappa shape index (κ3) is 2.85. The molecule has 0 spiro atoms. The monoisotopic (exact) mass is 148 g/mol. The fraction of sp³-hybridized carbons (Fsp3) is 0.222. The minimum Gasteiger partial charge on any atom is -0.360 e. The minimum absolute atomic E-state index is 0.822. The first-order valence-electron chi connectivity index (χ1n) is 3.67. The van der Waals surface area contributed by atoms with Crippen LogP contribution < -0.4 is 0 Å². The standard InChI is InChI=1S/C9H12N2/c1-2-3-6-10-8-9-5-4-7-11-9/h2,4-5,7-8,11H,1,3,6H2. The van der Waals surface area contributed by atoms with Gasteiger partial charge in [-0.15, -0.1) is 6.58 Å². The van der Waals surface area contributed by atoms with Crippen LogP contribution in [0.3, 0.4) is 0 Å². The van der Waals surface area contributed by atoms with E-state index in [0.29, 0.717) is 0 Å². The predicted molar refractivity (Wildman–Crippen MR) is 48.1 cm³/mol. The molecule has 0 radical (unpaired) electrons. The number of aromatic amines is 1. The van der Waals surface area contributed by atoms with Crippen LogP contribution in [-0.2, 0) is 0 Å². The number of aromatic nitrogens is 1. The molecule has 1 aromatic heterocycles. The van der Waals surface area contributed by atoms with Crippen molar-refractivity contribution in [3.05, 3.63) is 36.7 Å². The fourth-order valence-electron chi connectivity index (χ4n) is 0.753. The lowest BCUT2D eigenvalue weighted by Crippen LogP contribution is -1.82. The van der Waals surface area contributed by atoms with E-state index in [1.807, 2.05) is 30.6 Å². The molecule has 0 aliphatic heterocycles. The normalized spacial score (nSPS) is 10.5. The molecule has 0 aliphatic rings. The smallest absolute Gasteiger partial charge is 0.0561 e. The summed E-state index contributed by atoms with van der Waals surface area (Å²) in [5.74, 6) is 0. The summed E-state index contributed by atoms with van der Waals surface area (Å²) in [7, 11) is 0. The van der Waals surface area contributed by atoms with Gasteiger partial charge in [0.15, 0.2) is 0 Å². The lowest BCUT2D eigenvalue weighted by molar-refractivity contribution is 1.01. The van der Waals surface area contributed by atoms with E-state index in [-0.39, 0.29) is 0 Å². The molecule has 0 aliphatic carbocycles. The number of H-pyrrole nitrogens is 1. The maximum atomic E-state index is 4.18. The van der Waals surface area contributed by atoms with Crippen LogP contribution in [0.5, 0.6) is 0 Å². The molecule has 11 heavy (non-hydrogen) atoms. The molecular weight excluding hydrogens is 136 g/mol. The fourth-order valence-corrected chi connectivity index (χ4v) is 0.753. The molecule has 0 unspecified atom stereocenters. The summed E-state index contributed by atoms with van der Waals surface area (Å²) >= 11 is 0. The molecule has 0 saturated heterocycles. The van der Waals surface area contributed by atoms with Gasteiger partial charge in [-0.2, -0.15) is 0 Å². The van der Waals surface area contributed by atoms with Crippen LogP contribution in [0.15, 0.2) is 36.0 Å². The summed E-state index contributed by atoms with van der Waals surface area (Å²) in [6, 6.07) is 3.94. The molecule has 1 N–H and O–H groups in total. The van der Waals surface area contributed by atoms with Crippen molar-refractivity contribution in [2.75, 3.05) is 6.54 Å². The summed E-state index contributed by atoms with van der Waals surface area (Å²) in [5.41, 5.74) is 1.05. The largest absolute Gasteiger partial charge is 0.360 e. The van der Waals surface area contributed by atoms with E-state index in [4.69, 9.17) is 0 Å². The van der Waals surface area contributed by atoms with Crippen molar-refractivity contribution in [2.24, 2.45) is 4.99 Å². The molecule has 0 fully saturated rings. The molecule has 0 aromatic carbocycles. The molecule has 1 aromatic rings. The summed E-state index contributed by atoms with van der Waals surface area (Å²) in [6.45, 7) is 4.44. The molecule has 0 amide bonds. The number of hydrogen-bond donors (Lipinski definition) is 1. The van der Waals surface area contributed by atoms with E-state index in [1.165, 1.54) is 0 Å². The summed E-state index contributed by atoms with van der Waals surface area (Å²) in [4.78, 5) is 7.21. The molecule has 0 atom stereocenters. The Hall–Kier alpha value is -1.31. The van der Waals surface area contributed by atoms with Crippen LogP contribution in [0.2, 0.25) is 0 Å². The van der Waals surface area contributed by atoms with Crippen molar-refractivity contribution in [1.82, 2.24) is 4.98 Å². The van der Waals surface area contributed by atoms with E-state index in [1.54, 1.807) is 0 Å². The van der Waals surface area contributed by atoms with Gasteiger partial charge in [0.2, 0.25) is 0 Å². The highest BCUT2D eigenvalue weighted by atomic mass is 14.7. The second-order valence-electron chi connectivity index (χ2n) is 2.24. The number of hydrogen-bond acceptors (Lipinski definition) is 1.